The summed E-state index contributed by atoms with van der Waals surface area (Å²) in [5, 5.41) is 0. The predicted molar refractivity (Wildman–Crippen MR) is 94.5 cm³/mol. The number of hydrogen-bond donors (Lipinski definition) is 0. The summed E-state index contributed by atoms with van der Waals surface area (Å²) < 4.78 is 5.88. The van der Waals surface area contributed by atoms with Crippen LogP contribution in [-0.2, 0) is 4.74 Å². The van der Waals surface area contributed by atoms with Crippen LogP contribution < -0.4 is 4.90 Å². The summed E-state index contributed by atoms with van der Waals surface area (Å²) in [6.45, 7) is 4.41. The van der Waals surface area contributed by atoms with Crippen LogP contribution >= 0.6 is 0 Å². The fourth-order valence-corrected chi connectivity index (χ4v) is 3.76. The van der Waals surface area contributed by atoms with E-state index in [1.807, 2.05) is 35.4 Å². The summed E-state index contributed by atoms with van der Waals surface area (Å²) in [6.07, 6.45) is 6.14. The molecule has 25 heavy (non-hydrogen) atoms. The van der Waals surface area contributed by atoms with Gasteiger partial charge in [0.05, 0.1) is 18.8 Å². The van der Waals surface area contributed by atoms with Gasteiger partial charge in [-0.25, -0.2) is 4.98 Å². The molecule has 6 nitrogen and oxygen atoms in total. The first-order valence-electron chi connectivity index (χ1n) is 8.69. The van der Waals surface area contributed by atoms with E-state index in [0.717, 1.165) is 25.3 Å². The Balaban J connectivity index is 1.51. The van der Waals surface area contributed by atoms with Crippen LogP contribution in [0.3, 0.4) is 0 Å². The maximum Gasteiger partial charge on any atom is 0.255 e. The quantitative estimate of drug-likeness (QED) is 0.836. The summed E-state index contributed by atoms with van der Waals surface area (Å²) in [5.41, 5.74) is 0.602. The number of anilines is 1. The van der Waals surface area contributed by atoms with E-state index in [1.54, 1.807) is 18.5 Å². The molecule has 0 aromatic carbocycles. The van der Waals surface area contributed by atoms with Crippen LogP contribution in [0.4, 0.5) is 5.82 Å². The van der Waals surface area contributed by atoms with E-state index in [-0.39, 0.29) is 11.3 Å². The minimum Gasteiger partial charge on any atom is -0.379 e. The Morgan fingerprint density at radius 1 is 1.12 bits per heavy atom. The number of nitrogens with zero attached hydrogens (tertiary/aromatic N) is 4. The van der Waals surface area contributed by atoms with E-state index in [9.17, 15) is 4.79 Å². The zero-order valence-electron chi connectivity index (χ0n) is 14.2. The van der Waals surface area contributed by atoms with E-state index >= 15 is 0 Å². The Kier molecular flexibility index (Phi) is 4.36. The lowest BCUT2D eigenvalue weighted by atomic mass is 9.87. The third-order valence-electron chi connectivity index (χ3n) is 5.05. The first-order chi connectivity index (χ1) is 12.3. The second-order valence-electron chi connectivity index (χ2n) is 6.88. The maximum absolute atomic E-state index is 12.8. The average molecular weight is 338 g/mol. The van der Waals surface area contributed by atoms with Crippen molar-refractivity contribution in [3.63, 3.8) is 0 Å². The van der Waals surface area contributed by atoms with Gasteiger partial charge in [0, 0.05) is 50.2 Å². The fraction of sp³-hybridized carbons (Fsp3) is 0.421. The zero-order chi connectivity index (χ0) is 17.1. The molecular weight excluding hydrogens is 316 g/mol. The second kappa shape index (κ2) is 6.80. The van der Waals surface area contributed by atoms with E-state index < -0.39 is 0 Å². The minimum absolute atomic E-state index is 0.0358. The Labute approximate surface area is 147 Å². The number of aromatic nitrogens is 2. The number of ether oxygens (including phenoxy) is 1. The van der Waals surface area contributed by atoms with Gasteiger partial charge in [-0.2, -0.15) is 0 Å². The predicted octanol–water partition coefficient (Wildman–Crippen LogP) is 1.85. The highest BCUT2D eigenvalue weighted by molar-refractivity contribution is 5.93. The molecule has 2 fully saturated rings. The molecule has 0 N–H and O–H groups in total. The molecular formula is C19H22N4O2. The molecule has 4 rings (SSSR count). The van der Waals surface area contributed by atoms with Crippen LogP contribution in [0.1, 0.15) is 16.8 Å². The number of hydrogen-bond acceptors (Lipinski definition) is 5. The van der Waals surface area contributed by atoms with Crippen molar-refractivity contribution >= 4 is 11.7 Å². The Morgan fingerprint density at radius 2 is 2.08 bits per heavy atom. The molecule has 1 amide bonds. The van der Waals surface area contributed by atoms with Crippen molar-refractivity contribution in [3.05, 3.63) is 54.5 Å². The normalized spacial score (nSPS) is 23.7. The third-order valence-corrected chi connectivity index (χ3v) is 5.05. The lowest BCUT2D eigenvalue weighted by Gasteiger charge is -2.32. The van der Waals surface area contributed by atoms with E-state index in [2.05, 4.69) is 14.9 Å². The van der Waals surface area contributed by atoms with Crippen LogP contribution in [0, 0.1) is 5.41 Å². The highest BCUT2D eigenvalue weighted by Gasteiger charge is 2.42. The highest BCUT2D eigenvalue weighted by atomic mass is 16.5. The van der Waals surface area contributed by atoms with E-state index in [4.69, 9.17) is 4.74 Å². The van der Waals surface area contributed by atoms with Crippen molar-refractivity contribution in [3.8, 4) is 0 Å². The molecule has 1 atom stereocenters. The van der Waals surface area contributed by atoms with Crippen LogP contribution in [0.15, 0.2) is 48.9 Å². The molecule has 2 aromatic heterocycles. The largest absolute Gasteiger partial charge is 0.379 e. The van der Waals surface area contributed by atoms with Crippen LogP contribution in [-0.4, -0.2) is 60.2 Å². The topological polar surface area (TPSA) is 58.6 Å². The molecule has 130 valence electrons. The van der Waals surface area contributed by atoms with Gasteiger partial charge in [-0.05, 0) is 30.7 Å². The molecule has 2 aromatic rings. The monoisotopic (exact) mass is 338 g/mol. The van der Waals surface area contributed by atoms with Crippen molar-refractivity contribution in [2.45, 2.75) is 6.42 Å². The molecule has 1 unspecified atom stereocenters. The van der Waals surface area contributed by atoms with Gasteiger partial charge >= 0.3 is 0 Å². The van der Waals surface area contributed by atoms with Gasteiger partial charge in [0.2, 0.25) is 0 Å². The van der Waals surface area contributed by atoms with Crippen LogP contribution in [0.25, 0.3) is 0 Å². The Morgan fingerprint density at radius 3 is 2.88 bits per heavy atom. The van der Waals surface area contributed by atoms with Crippen molar-refractivity contribution in [2.24, 2.45) is 5.41 Å². The van der Waals surface area contributed by atoms with E-state index in [0.29, 0.717) is 31.9 Å². The average Bonchev–Trinajstić information content (AvgIpc) is 2.97. The lowest BCUT2D eigenvalue weighted by Crippen LogP contribution is -2.43. The standard InChI is InChI=1S/C19H22N4O2/c24-18(16-4-3-7-20-12-16)23-10-11-25-15-19(14-23)6-9-22(13-19)17-5-1-2-8-21-17/h1-5,7-8,12H,6,9-11,13-15H2. The van der Waals surface area contributed by atoms with Crippen molar-refractivity contribution < 1.29 is 9.53 Å². The molecule has 0 aliphatic carbocycles. The number of carbonyl (C=O) groups is 1. The van der Waals surface area contributed by atoms with Gasteiger partial charge in [-0.3, -0.25) is 9.78 Å². The van der Waals surface area contributed by atoms with Crippen molar-refractivity contribution in [1.82, 2.24) is 14.9 Å². The summed E-state index contributed by atoms with van der Waals surface area (Å²) in [5.74, 6) is 1.03. The molecule has 0 bridgehead atoms. The molecule has 2 aliphatic heterocycles. The van der Waals surface area contributed by atoms with Crippen molar-refractivity contribution in [1.29, 1.82) is 0 Å². The highest BCUT2D eigenvalue weighted by Crippen LogP contribution is 2.35. The van der Waals surface area contributed by atoms with Gasteiger partial charge in [-0.1, -0.05) is 6.07 Å². The molecule has 2 saturated heterocycles. The number of rotatable bonds is 2. The Hall–Kier alpha value is -2.47. The SMILES string of the molecule is O=C(c1cccnc1)N1CCOCC2(CCN(c3ccccn3)C2)C1. The number of amides is 1. The maximum atomic E-state index is 12.8. The summed E-state index contributed by atoms with van der Waals surface area (Å²) >= 11 is 0. The first kappa shape index (κ1) is 16.0. The molecule has 0 radical (unpaired) electrons. The third kappa shape index (κ3) is 3.35. The summed E-state index contributed by atoms with van der Waals surface area (Å²) in [7, 11) is 0. The van der Waals surface area contributed by atoms with Crippen LogP contribution in [0.2, 0.25) is 0 Å². The lowest BCUT2D eigenvalue weighted by molar-refractivity contribution is 0.0690. The molecule has 4 heterocycles. The first-order valence-corrected chi connectivity index (χ1v) is 8.69. The smallest absolute Gasteiger partial charge is 0.255 e. The molecule has 6 heteroatoms. The molecule has 0 saturated carbocycles. The zero-order valence-corrected chi connectivity index (χ0v) is 14.2. The molecule has 2 aliphatic rings. The second-order valence-corrected chi connectivity index (χ2v) is 6.88. The van der Waals surface area contributed by atoms with Gasteiger partial charge in [0.25, 0.3) is 5.91 Å². The number of carbonyl (C=O) groups excluding carboxylic acids is 1. The van der Waals surface area contributed by atoms with Gasteiger partial charge in [0.15, 0.2) is 0 Å². The van der Waals surface area contributed by atoms with Gasteiger partial charge in [-0.15, -0.1) is 0 Å². The summed E-state index contributed by atoms with van der Waals surface area (Å²) in [4.78, 5) is 25.6. The van der Waals surface area contributed by atoms with Crippen LogP contribution in [0.5, 0.6) is 0 Å². The van der Waals surface area contributed by atoms with E-state index in [1.165, 1.54) is 0 Å². The summed E-state index contributed by atoms with van der Waals surface area (Å²) in [6, 6.07) is 9.60. The number of pyridine rings is 2. The minimum atomic E-state index is -0.0358. The van der Waals surface area contributed by atoms with Gasteiger partial charge < -0.3 is 14.5 Å². The van der Waals surface area contributed by atoms with Gasteiger partial charge in [0.1, 0.15) is 5.82 Å². The fourth-order valence-electron chi connectivity index (χ4n) is 3.76. The molecule has 1 spiro atoms. The Bertz CT molecular complexity index is 725. The van der Waals surface area contributed by atoms with Crippen molar-refractivity contribution in [2.75, 3.05) is 44.3 Å².